The van der Waals surface area contributed by atoms with Crippen LogP contribution < -0.4 is 0 Å². The van der Waals surface area contributed by atoms with Crippen molar-refractivity contribution < 1.29 is 33.6 Å². The fraction of sp³-hybridized carbons (Fsp3) is 0.367. The van der Waals surface area contributed by atoms with Crippen molar-refractivity contribution in [2.75, 3.05) is 6.61 Å². The number of aliphatic carboxylic acids is 1. The van der Waals surface area contributed by atoms with Crippen molar-refractivity contribution in [2.45, 2.75) is 63.9 Å². The largest absolute Gasteiger partial charge is 0.479 e. The molecular formula is C30H34O7. The number of hydrogen-bond acceptors (Lipinski definition) is 6. The maximum atomic E-state index is 11.4. The molecule has 7 nitrogen and oxygen atoms in total. The van der Waals surface area contributed by atoms with Gasteiger partial charge in [0.1, 0.15) is 12.2 Å². The zero-order chi connectivity index (χ0) is 25.9. The monoisotopic (exact) mass is 506 g/mol. The first-order chi connectivity index (χ1) is 18.1. The minimum Gasteiger partial charge on any atom is -0.479 e. The Morgan fingerprint density at radius 3 is 1.89 bits per heavy atom. The zero-order valence-corrected chi connectivity index (χ0v) is 21.0. The van der Waals surface area contributed by atoms with E-state index >= 15 is 0 Å². The highest BCUT2D eigenvalue weighted by Crippen LogP contribution is 2.29. The topological polar surface area (TPSA) is 83.5 Å². The summed E-state index contributed by atoms with van der Waals surface area (Å²) in [4.78, 5) is 11.4. The molecule has 0 aliphatic carbocycles. The molecule has 196 valence electrons. The number of rotatable bonds is 13. The summed E-state index contributed by atoms with van der Waals surface area (Å²) in [6.07, 6.45) is -2.82. The van der Waals surface area contributed by atoms with E-state index in [-0.39, 0.29) is 6.61 Å². The van der Waals surface area contributed by atoms with Gasteiger partial charge in [-0.25, -0.2) is 4.79 Å². The Balaban J connectivity index is 1.50. The molecule has 4 rings (SSSR count). The van der Waals surface area contributed by atoms with E-state index in [1.807, 2.05) is 91.0 Å². The molecule has 0 amide bonds. The lowest BCUT2D eigenvalue weighted by Crippen LogP contribution is -2.53. The lowest BCUT2D eigenvalue weighted by atomic mass is 10.0. The van der Waals surface area contributed by atoms with Crippen molar-refractivity contribution in [3.05, 3.63) is 108 Å². The van der Waals surface area contributed by atoms with Gasteiger partial charge in [-0.1, -0.05) is 91.0 Å². The van der Waals surface area contributed by atoms with Crippen LogP contribution in [-0.4, -0.2) is 48.4 Å². The van der Waals surface area contributed by atoms with E-state index in [4.69, 9.17) is 23.7 Å². The second kappa shape index (κ2) is 14.0. The standard InChI is InChI=1S/C30H34O7/c1-22(30(31)32)36-28-17-26(34-19-24-13-7-3-8-14-24)29(35-20-25-15-9-4-10-16-25)27(37-28)21-33-18-23-11-5-2-6-12-23/h2-16,22,26-29H,17-21H2,1H3,(H,31,32)/t22?,26-,27-,28+,29+/m1/s1. The summed E-state index contributed by atoms with van der Waals surface area (Å²) in [5, 5.41) is 9.37. The average molecular weight is 507 g/mol. The quantitative estimate of drug-likeness (QED) is 0.350. The van der Waals surface area contributed by atoms with Crippen LogP contribution in [0.3, 0.4) is 0 Å². The molecule has 3 aromatic rings. The Morgan fingerprint density at radius 1 is 0.838 bits per heavy atom. The van der Waals surface area contributed by atoms with Crippen LogP contribution in [0.25, 0.3) is 0 Å². The molecule has 1 unspecified atom stereocenters. The van der Waals surface area contributed by atoms with Gasteiger partial charge in [0.25, 0.3) is 0 Å². The van der Waals surface area contributed by atoms with E-state index in [1.54, 1.807) is 0 Å². The molecule has 5 atom stereocenters. The molecular weight excluding hydrogens is 472 g/mol. The molecule has 0 spiro atoms. The normalized spacial score (nSPS) is 22.4. The minimum absolute atomic E-state index is 0.237. The number of benzene rings is 3. The zero-order valence-electron chi connectivity index (χ0n) is 21.0. The maximum absolute atomic E-state index is 11.4. The molecule has 1 aliphatic heterocycles. The predicted octanol–water partition coefficient (Wildman–Crippen LogP) is 4.98. The minimum atomic E-state index is -1.05. The molecule has 1 fully saturated rings. The molecule has 0 saturated carbocycles. The van der Waals surface area contributed by atoms with Crippen LogP contribution in [0, 0.1) is 0 Å². The van der Waals surface area contributed by atoms with Crippen LogP contribution in [0.1, 0.15) is 30.0 Å². The van der Waals surface area contributed by atoms with Crippen molar-refractivity contribution in [1.82, 2.24) is 0 Å². The van der Waals surface area contributed by atoms with Crippen LogP contribution in [0.15, 0.2) is 91.0 Å². The van der Waals surface area contributed by atoms with Crippen molar-refractivity contribution in [2.24, 2.45) is 0 Å². The van der Waals surface area contributed by atoms with E-state index in [0.29, 0.717) is 26.2 Å². The Kier molecular flexibility index (Phi) is 10.2. The van der Waals surface area contributed by atoms with Gasteiger partial charge in [-0.15, -0.1) is 0 Å². The number of carboxylic acids is 1. The summed E-state index contributed by atoms with van der Waals surface area (Å²) in [6, 6.07) is 29.7. The molecule has 0 bridgehead atoms. The average Bonchev–Trinajstić information content (AvgIpc) is 2.93. The Morgan fingerprint density at radius 2 is 1.35 bits per heavy atom. The Labute approximate surface area is 217 Å². The van der Waals surface area contributed by atoms with Crippen molar-refractivity contribution in [1.29, 1.82) is 0 Å². The third kappa shape index (κ3) is 8.49. The molecule has 0 radical (unpaired) electrons. The fourth-order valence-electron chi connectivity index (χ4n) is 4.19. The molecule has 0 aromatic heterocycles. The van der Waals surface area contributed by atoms with Crippen LogP contribution in [0.4, 0.5) is 0 Å². The highest BCUT2D eigenvalue weighted by atomic mass is 16.7. The first-order valence-corrected chi connectivity index (χ1v) is 12.5. The first-order valence-electron chi connectivity index (χ1n) is 12.5. The lowest BCUT2D eigenvalue weighted by Gasteiger charge is -2.41. The van der Waals surface area contributed by atoms with Gasteiger partial charge < -0.3 is 28.8 Å². The van der Waals surface area contributed by atoms with Gasteiger partial charge in [-0.2, -0.15) is 0 Å². The van der Waals surface area contributed by atoms with Crippen LogP contribution in [0.2, 0.25) is 0 Å². The molecule has 1 heterocycles. The third-order valence-corrected chi connectivity index (χ3v) is 6.17. The van der Waals surface area contributed by atoms with Crippen molar-refractivity contribution >= 4 is 5.97 Å². The van der Waals surface area contributed by atoms with Crippen LogP contribution in [0.5, 0.6) is 0 Å². The molecule has 1 N–H and O–H groups in total. The van der Waals surface area contributed by atoms with Gasteiger partial charge in [0.2, 0.25) is 0 Å². The van der Waals surface area contributed by atoms with Gasteiger partial charge in [0, 0.05) is 6.42 Å². The number of ether oxygens (including phenoxy) is 5. The maximum Gasteiger partial charge on any atom is 0.332 e. The lowest BCUT2D eigenvalue weighted by molar-refractivity contribution is -0.286. The van der Waals surface area contributed by atoms with E-state index in [0.717, 1.165) is 16.7 Å². The second-order valence-electron chi connectivity index (χ2n) is 9.05. The van der Waals surface area contributed by atoms with E-state index < -0.39 is 36.7 Å². The van der Waals surface area contributed by atoms with Gasteiger partial charge in [0.15, 0.2) is 12.4 Å². The number of carboxylic acid groups (broad SMARTS) is 1. The molecule has 1 aliphatic rings. The number of hydrogen-bond donors (Lipinski definition) is 1. The van der Waals surface area contributed by atoms with Crippen LogP contribution in [-0.2, 0) is 48.3 Å². The van der Waals surface area contributed by atoms with Crippen molar-refractivity contribution in [3.63, 3.8) is 0 Å². The molecule has 37 heavy (non-hydrogen) atoms. The summed E-state index contributed by atoms with van der Waals surface area (Å²) >= 11 is 0. The van der Waals surface area contributed by atoms with Gasteiger partial charge in [0.05, 0.1) is 32.5 Å². The second-order valence-corrected chi connectivity index (χ2v) is 9.05. The van der Waals surface area contributed by atoms with Gasteiger partial charge in [-0.3, -0.25) is 0 Å². The molecule has 7 heteroatoms. The highest BCUT2D eigenvalue weighted by molar-refractivity contribution is 5.71. The summed E-state index contributed by atoms with van der Waals surface area (Å²) in [7, 11) is 0. The summed E-state index contributed by atoms with van der Waals surface area (Å²) in [6.45, 7) is 2.91. The first kappa shape index (κ1) is 27.0. The molecule has 1 saturated heterocycles. The van der Waals surface area contributed by atoms with Crippen LogP contribution >= 0.6 is 0 Å². The van der Waals surface area contributed by atoms with Gasteiger partial charge in [-0.05, 0) is 23.6 Å². The number of carbonyl (C=O) groups is 1. The Bertz CT molecular complexity index is 1060. The van der Waals surface area contributed by atoms with Gasteiger partial charge >= 0.3 is 5.97 Å². The predicted molar refractivity (Wildman–Crippen MR) is 138 cm³/mol. The summed E-state index contributed by atoms with van der Waals surface area (Å²) in [5.74, 6) is -1.05. The highest BCUT2D eigenvalue weighted by Gasteiger charge is 2.42. The smallest absolute Gasteiger partial charge is 0.332 e. The van der Waals surface area contributed by atoms with Crippen molar-refractivity contribution in [3.8, 4) is 0 Å². The Hall–Kier alpha value is -3.07. The molecule has 3 aromatic carbocycles. The fourth-order valence-corrected chi connectivity index (χ4v) is 4.19. The third-order valence-electron chi connectivity index (χ3n) is 6.17. The van der Waals surface area contributed by atoms with E-state index in [2.05, 4.69) is 0 Å². The summed E-state index contributed by atoms with van der Waals surface area (Å²) < 4.78 is 30.7. The summed E-state index contributed by atoms with van der Waals surface area (Å²) in [5.41, 5.74) is 3.11. The SMILES string of the molecule is CC(O[C@@H]1C[C@@H](OCc2ccccc2)[C@H](OCc2ccccc2)[C@@H](COCc2ccccc2)O1)C(=O)O. The van der Waals surface area contributed by atoms with E-state index in [9.17, 15) is 9.90 Å². The van der Waals surface area contributed by atoms with E-state index in [1.165, 1.54) is 6.92 Å².